The largest absolute Gasteiger partial charge is 0.497 e. The highest BCUT2D eigenvalue weighted by Crippen LogP contribution is 2.28. The van der Waals surface area contributed by atoms with E-state index in [2.05, 4.69) is 0 Å². The predicted molar refractivity (Wildman–Crippen MR) is 122 cm³/mol. The van der Waals surface area contributed by atoms with Crippen LogP contribution in [0.1, 0.15) is 41.7 Å². The number of piperidine rings is 2. The Hall–Kier alpha value is -3.29. The fourth-order valence-electron chi connectivity index (χ4n) is 5.32. The van der Waals surface area contributed by atoms with E-state index < -0.39 is 0 Å². The molecule has 2 fully saturated rings. The number of hydrogen-bond acceptors (Lipinski definition) is 4. The van der Waals surface area contributed by atoms with Crippen molar-refractivity contribution in [2.24, 2.45) is 5.92 Å². The second-order valence-electron chi connectivity index (χ2n) is 9.13. The monoisotopic (exact) mass is 450 g/mol. The van der Waals surface area contributed by atoms with Gasteiger partial charge in [0.25, 0.3) is 5.91 Å². The number of rotatable bonds is 4. The summed E-state index contributed by atoms with van der Waals surface area (Å²) in [5.74, 6) is 0.811. The molecule has 1 aromatic carbocycles. The van der Waals surface area contributed by atoms with Crippen molar-refractivity contribution in [3.8, 4) is 5.75 Å². The molecule has 2 aromatic rings. The summed E-state index contributed by atoms with van der Waals surface area (Å²) < 4.78 is 6.94. The Morgan fingerprint density at radius 3 is 2.36 bits per heavy atom. The number of nitrogens with zero attached hydrogens (tertiary/aromatic N) is 4. The molecule has 0 saturated carbocycles. The van der Waals surface area contributed by atoms with Crippen LogP contribution in [-0.2, 0) is 11.3 Å². The average molecular weight is 451 g/mol. The smallest absolute Gasteiger partial charge is 0.329 e. The summed E-state index contributed by atoms with van der Waals surface area (Å²) in [7, 11) is 1.59. The van der Waals surface area contributed by atoms with Gasteiger partial charge in [0.2, 0.25) is 5.91 Å². The third-order valence-corrected chi connectivity index (χ3v) is 7.28. The molecule has 2 saturated heterocycles. The molecule has 0 unspecified atom stereocenters. The molecule has 0 radical (unpaired) electrons. The van der Waals surface area contributed by atoms with Crippen LogP contribution < -0.4 is 4.74 Å². The van der Waals surface area contributed by atoms with Crippen LogP contribution in [0, 0.1) is 5.92 Å². The Morgan fingerprint density at radius 1 is 0.939 bits per heavy atom. The number of benzene rings is 1. The summed E-state index contributed by atoms with van der Waals surface area (Å²) in [6.07, 6.45) is 4.83. The van der Waals surface area contributed by atoms with E-state index in [9.17, 15) is 14.4 Å². The Kier molecular flexibility index (Phi) is 5.83. The van der Waals surface area contributed by atoms with Gasteiger partial charge in [-0.3, -0.25) is 14.2 Å². The third-order valence-electron chi connectivity index (χ3n) is 7.28. The van der Waals surface area contributed by atoms with E-state index >= 15 is 0 Å². The van der Waals surface area contributed by atoms with Crippen molar-refractivity contribution in [2.75, 3.05) is 33.3 Å². The van der Waals surface area contributed by atoms with Gasteiger partial charge in [0.05, 0.1) is 13.7 Å². The molecule has 0 atom stereocenters. The normalized spacial score (nSPS) is 19.7. The van der Waals surface area contributed by atoms with E-state index in [0.717, 1.165) is 18.5 Å². The molecule has 8 heteroatoms. The van der Waals surface area contributed by atoms with Crippen LogP contribution >= 0.6 is 0 Å². The topological polar surface area (TPSA) is 75.1 Å². The first-order valence-corrected chi connectivity index (χ1v) is 11.7. The summed E-state index contributed by atoms with van der Waals surface area (Å²) in [6.45, 7) is 3.20. The zero-order valence-corrected chi connectivity index (χ0v) is 19.0. The Balaban J connectivity index is 1.11. The van der Waals surface area contributed by atoms with Crippen LogP contribution in [0.2, 0.25) is 0 Å². The van der Waals surface area contributed by atoms with E-state index in [4.69, 9.17) is 4.74 Å². The van der Waals surface area contributed by atoms with Gasteiger partial charge in [-0.05, 0) is 56.0 Å². The van der Waals surface area contributed by atoms with Crippen LogP contribution in [0.5, 0.6) is 5.75 Å². The maximum absolute atomic E-state index is 13.1. The number of ether oxygens (including phenoxy) is 1. The number of likely N-dealkylation sites (tertiary alicyclic amines) is 2. The molecule has 5 rings (SSSR count). The van der Waals surface area contributed by atoms with Gasteiger partial charge in [-0.15, -0.1) is 0 Å². The van der Waals surface area contributed by atoms with E-state index in [1.807, 2.05) is 45.2 Å². The lowest BCUT2D eigenvalue weighted by Crippen LogP contribution is -2.50. The van der Waals surface area contributed by atoms with Gasteiger partial charge in [0, 0.05) is 55.6 Å². The number of carbonyl (C=O) groups excluding carboxylic acids is 3. The molecule has 3 amide bonds. The minimum absolute atomic E-state index is 0.0126. The summed E-state index contributed by atoms with van der Waals surface area (Å²) in [5.41, 5.74) is 1.65. The van der Waals surface area contributed by atoms with Gasteiger partial charge in [-0.1, -0.05) is 6.07 Å². The lowest BCUT2D eigenvalue weighted by Gasteiger charge is -2.39. The summed E-state index contributed by atoms with van der Waals surface area (Å²) >= 11 is 0. The van der Waals surface area contributed by atoms with Crippen molar-refractivity contribution < 1.29 is 19.1 Å². The number of amides is 3. The molecule has 4 heterocycles. The first-order chi connectivity index (χ1) is 16.0. The number of aromatic nitrogens is 1. The summed E-state index contributed by atoms with van der Waals surface area (Å²) in [5, 5.41) is 0. The van der Waals surface area contributed by atoms with Gasteiger partial charge >= 0.3 is 6.03 Å². The Bertz CT molecular complexity index is 1050. The number of methoxy groups -OCH3 is 1. The fourth-order valence-corrected chi connectivity index (χ4v) is 5.32. The van der Waals surface area contributed by atoms with Crippen molar-refractivity contribution in [1.29, 1.82) is 0 Å². The van der Waals surface area contributed by atoms with Gasteiger partial charge in [0.15, 0.2) is 0 Å². The maximum Gasteiger partial charge on any atom is 0.329 e. The second-order valence-corrected chi connectivity index (χ2v) is 9.13. The highest BCUT2D eigenvalue weighted by molar-refractivity contribution is 5.94. The second kappa shape index (κ2) is 8.92. The molecule has 0 aliphatic carbocycles. The van der Waals surface area contributed by atoms with Crippen LogP contribution in [0.3, 0.4) is 0 Å². The molecule has 174 valence electrons. The molecule has 3 aliphatic rings. The minimum atomic E-state index is -0.0370. The zero-order chi connectivity index (χ0) is 22.9. The Labute approximate surface area is 193 Å². The summed E-state index contributed by atoms with van der Waals surface area (Å²) in [6, 6.07) is 11.3. The number of carbonyl (C=O) groups is 3. The molecule has 8 nitrogen and oxygen atoms in total. The van der Waals surface area contributed by atoms with Crippen molar-refractivity contribution in [3.05, 3.63) is 53.9 Å². The van der Waals surface area contributed by atoms with Crippen molar-refractivity contribution in [1.82, 2.24) is 19.3 Å². The van der Waals surface area contributed by atoms with Crippen LogP contribution in [0.25, 0.3) is 0 Å². The minimum Gasteiger partial charge on any atom is -0.497 e. The molecule has 1 aromatic heterocycles. The van der Waals surface area contributed by atoms with Crippen molar-refractivity contribution in [2.45, 2.75) is 38.3 Å². The molecular formula is C25H30N4O4. The number of fused-ring (bicyclic) bond motifs is 1. The highest BCUT2D eigenvalue weighted by Gasteiger charge is 2.37. The van der Waals surface area contributed by atoms with E-state index in [0.29, 0.717) is 56.9 Å². The SMILES string of the molecule is COc1cccc(C(=O)N2CCC(C(=O)N3CCC(N4Cc5cccn5C4=O)CC3)CC2)c1. The first-order valence-electron chi connectivity index (χ1n) is 11.7. The summed E-state index contributed by atoms with van der Waals surface area (Å²) in [4.78, 5) is 44.3. The standard InChI is InChI=1S/C25H30N4O4/c1-33-22-6-2-4-19(16-22)24(31)26-12-7-18(8-13-26)23(30)27-14-9-20(10-15-27)29-17-21-5-3-11-28(21)25(29)32/h2-6,11,16,18,20H,7-10,12-15,17H2,1H3. The average Bonchev–Trinajstić information content (AvgIpc) is 3.46. The lowest BCUT2D eigenvalue weighted by atomic mass is 9.93. The quantitative estimate of drug-likeness (QED) is 0.718. The predicted octanol–water partition coefficient (Wildman–Crippen LogP) is 2.82. The molecular weight excluding hydrogens is 420 g/mol. The lowest BCUT2D eigenvalue weighted by molar-refractivity contribution is -0.138. The Morgan fingerprint density at radius 2 is 1.67 bits per heavy atom. The van der Waals surface area contributed by atoms with Crippen LogP contribution in [-0.4, -0.2) is 76.4 Å². The molecule has 0 N–H and O–H groups in total. The van der Waals surface area contributed by atoms with Crippen LogP contribution in [0.15, 0.2) is 42.6 Å². The molecule has 0 bridgehead atoms. The van der Waals surface area contributed by atoms with E-state index in [-0.39, 0.29) is 29.8 Å². The maximum atomic E-state index is 13.1. The first kappa shape index (κ1) is 21.6. The third kappa shape index (κ3) is 4.10. The number of hydrogen-bond donors (Lipinski definition) is 0. The van der Waals surface area contributed by atoms with Gasteiger partial charge in [-0.25, -0.2) is 4.79 Å². The highest BCUT2D eigenvalue weighted by atomic mass is 16.5. The van der Waals surface area contributed by atoms with Crippen LogP contribution in [0.4, 0.5) is 4.79 Å². The van der Waals surface area contributed by atoms with E-state index in [1.165, 1.54) is 0 Å². The molecule has 33 heavy (non-hydrogen) atoms. The van der Waals surface area contributed by atoms with Gasteiger partial charge in [0.1, 0.15) is 5.75 Å². The van der Waals surface area contributed by atoms with Crippen molar-refractivity contribution >= 4 is 17.8 Å². The molecule has 3 aliphatic heterocycles. The van der Waals surface area contributed by atoms with E-state index in [1.54, 1.807) is 23.8 Å². The molecule has 0 spiro atoms. The zero-order valence-electron chi connectivity index (χ0n) is 19.0. The van der Waals surface area contributed by atoms with Gasteiger partial charge in [-0.2, -0.15) is 0 Å². The fraction of sp³-hybridized carbons (Fsp3) is 0.480. The van der Waals surface area contributed by atoms with Crippen molar-refractivity contribution in [3.63, 3.8) is 0 Å². The van der Waals surface area contributed by atoms with Gasteiger partial charge < -0.3 is 19.4 Å².